The number of fused-ring (bicyclic) bond motifs is 9. The molecule has 2 bridgehead atoms. The Morgan fingerprint density at radius 2 is 1.53 bits per heavy atom. The van der Waals surface area contributed by atoms with Crippen molar-refractivity contribution in [2.75, 3.05) is 5.32 Å². The van der Waals surface area contributed by atoms with Crippen molar-refractivity contribution < 1.29 is 4.92 Å². The van der Waals surface area contributed by atoms with Gasteiger partial charge in [-0.3, -0.25) is 10.1 Å². The molecule has 0 unspecified atom stereocenters. The normalized spacial score (nSPS) is 27.8. The number of rotatable bonds is 2. The third-order valence-corrected chi connectivity index (χ3v) is 8.41. The van der Waals surface area contributed by atoms with Crippen LogP contribution in [0, 0.1) is 27.9 Å². The lowest BCUT2D eigenvalue weighted by Gasteiger charge is -2.44. The van der Waals surface area contributed by atoms with E-state index in [9.17, 15) is 10.1 Å². The van der Waals surface area contributed by atoms with E-state index in [2.05, 4.69) is 59.9 Å². The number of benzene rings is 4. The van der Waals surface area contributed by atoms with Crippen molar-refractivity contribution in [2.24, 2.45) is 17.8 Å². The Balaban J connectivity index is 1.50. The Morgan fingerprint density at radius 1 is 0.844 bits per heavy atom. The summed E-state index contributed by atoms with van der Waals surface area (Å²) in [6.45, 7) is 0. The number of hydrogen-bond donors (Lipinski definition) is 1. The Morgan fingerprint density at radius 3 is 2.25 bits per heavy atom. The molecule has 3 aliphatic rings. The largest absolute Gasteiger partial charge is 0.378 e. The zero-order chi connectivity index (χ0) is 21.4. The van der Waals surface area contributed by atoms with Gasteiger partial charge in [-0.1, -0.05) is 48.5 Å². The van der Waals surface area contributed by atoms with Crippen molar-refractivity contribution in [3.8, 4) is 0 Å². The molecule has 0 spiro atoms. The summed E-state index contributed by atoms with van der Waals surface area (Å²) in [4.78, 5) is 11.2. The van der Waals surface area contributed by atoms with E-state index in [4.69, 9.17) is 0 Å². The van der Waals surface area contributed by atoms with Crippen molar-refractivity contribution in [3.05, 3.63) is 94.0 Å². The van der Waals surface area contributed by atoms with Crippen LogP contribution in [0.5, 0.6) is 0 Å². The van der Waals surface area contributed by atoms with Gasteiger partial charge in [0.2, 0.25) is 0 Å². The molecule has 4 aromatic rings. The summed E-state index contributed by atoms with van der Waals surface area (Å²) in [6, 6.07) is 25.4. The highest BCUT2D eigenvalue weighted by Gasteiger charge is 2.54. The maximum Gasteiger partial charge on any atom is 0.269 e. The number of nitro groups is 1. The second kappa shape index (κ2) is 6.55. The number of nitrogens with zero attached hydrogens (tertiary/aromatic N) is 1. The molecule has 1 N–H and O–H groups in total. The van der Waals surface area contributed by atoms with Crippen LogP contribution in [0.4, 0.5) is 11.4 Å². The highest BCUT2D eigenvalue weighted by molar-refractivity contribution is 6.03. The Bertz CT molecular complexity index is 1360. The van der Waals surface area contributed by atoms with Gasteiger partial charge in [-0.2, -0.15) is 0 Å². The first-order chi connectivity index (χ1) is 15.7. The van der Waals surface area contributed by atoms with Crippen molar-refractivity contribution >= 4 is 32.9 Å². The van der Waals surface area contributed by atoms with Gasteiger partial charge in [0.05, 0.1) is 11.0 Å². The SMILES string of the molecule is O=[N+]([O-])c1ccc2c(c1)[C@@H]1[C@H]3CC[C@@H](C3)[C@H]1[C@H](c1c3ccccc3cc3ccccc13)N2. The molecule has 2 aliphatic carbocycles. The molecule has 5 atom stereocenters. The van der Waals surface area contributed by atoms with Gasteiger partial charge in [0.1, 0.15) is 0 Å². The molecule has 4 nitrogen and oxygen atoms in total. The molecule has 0 aromatic heterocycles. The average Bonchev–Trinajstić information content (AvgIpc) is 3.44. The molecule has 0 amide bonds. The van der Waals surface area contributed by atoms with Crippen LogP contribution in [0.2, 0.25) is 0 Å². The standard InChI is InChI=1S/C28H24N2O2/c31-30(32)20-11-12-24-23(15-20)25-18-9-10-19(14-18)26(25)28(29-24)27-21-7-3-1-5-16(21)13-17-6-2-4-8-22(17)27/h1-8,11-13,15,18-19,25-26,28-29H,9-10,14H2/t18-,19-,25-,26+,28+/m0/s1. The van der Waals surface area contributed by atoms with Crippen molar-refractivity contribution in [2.45, 2.75) is 31.2 Å². The highest BCUT2D eigenvalue weighted by atomic mass is 16.6. The average molecular weight is 421 g/mol. The first-order valence-corrected chi connectivity index (χ1v) is 11.6. The smallest absolute Gasteiger partial charge is 0.269 e. The van der Waals surface area contributed by atoms with Gasteiger partial charge in [-0.05, 0) is 87.7 Å². The summed E-state index contributed by atoms with van der Waals surface area (Å²) in [5.41, 5.74) is 3.84. The Hall–Kier alpha value is -3.40. The summed E-state index contributed by atoms with van der Waals surface area (Å²) in [7, 11) is 0. The first kappa shape index (κ1) is 18.2. The minimum atomic E-state index is -0.257. The predicted octanol–water partition coefficient (Wildman–Crippen LogP) is 7.20. The van der Waals surface area contributed by atoms with E-state index in [-0.39, 0.29) is 16.7 Å². The van der Waals surface area contributed by atoms with Crippen LogP contribution >= 0.6 is 0 Å². The fourth-order valence-electron chi connectivity index (χ4n) is 7.26. The van der Waals surface area contributed by atoms with Crippen LogP contribution < -0.4 is 5.32 Å². The molecule has 32 heavy (non-hydrogen) atoms. The summed E-state index contributed by atoms with van der Waals surface area (Å²) >= 11 is 0. The minimum absolute atomic E-state index is 0.209. The zero-order valence-electron chi connectivity index (χ0n) is 17.7. The molecule has 0 radical (unpaired) electrons. The topological polar surface area (TPSA) is 55.2 Å². The monoisotopic (exact) mass is 420 g/mol. The number of nitro benzene ring substituents is 1. The highest BCUT2D eigenvalue weighted by Crippen LogP contribution is 2.64. The van der Waals surface area contributed by atoms with Crippen molar-refractivity contribution in [3.63, 3.8) is 0 Å². The summed E-state index contributed by atoms with van der Waals surface area (Å²) < 4.78 is 0. The molecular weight excluding hydrogens is 396 g/mol. The summed E-state index contributed by atoms with van der Waals surface area (Å²) in [6.07, 6.45) is 3.77. The molecule has 1 heterocycles. The van der Waals surface area contributed by atoms with E-state index in [1.807, 2.05) is 12.1 Å². The Kier molecular flexibility index (Phi) is 3.73. The molecule has 7 rings (SSSR count). The quantitative estimate of drug-likeness (QED) is 0.212. The fourth-order valence-corrected chi connectivity index (χ4v) is 7.26. The van der Waals surface area contributed by atoms with Crippen LogP contribution in [-0.4, -0.2) is 4.92 Å². The van der Waals surface area contributed by atoms with Crippen LogP contribution in [0.1, 0.15) is 42.3 Å². The lowest BCUT2D eigenvalue weighted by molar-refractivity contribution is -0.384. The fraction of sp³-hybridized carbons (Fsp3) is 0.286. The lowest BCUT2D eigenvalue weighted by Crippen LogP contribution is -2.35. The van der Waals surface area contributed by atoms with E-state index in [0.29, 0.717) is 23.7 Å². The number of nitrogens with one attached hydrogen (secondary N) is 1. The van der Waals surface area contributed by atoms with Gasteiger partial charge in [-0.15, -0.1) is 0 Å². The van der Waals surface area contributed by atoms with E-state index in [1.54, 1.807) is 6.07 Å². The van der Waals surface area contributed by atoms with Gasteiger partial charge in [0.25, 0.3) is 5.69 Å². The number of anilines is 1. The Labute approximate surface area is 186 Å². The molecule has 0 saturated heterocycles. The van der Waals surface area contributed by atoms with E-state index < -0.39 is 0 Å². The van der Waals surface area contributed by atoms with E-state index >= 15 is 0 Å². The molecular formula is C28H24N2O2. The van der Waals surface area contributed by atoms with E-state index in [0.717, 1.165) is 11.3 Å². The third kappa shape index (κ3) is 2.44. The van der Waals surface area contributed by atoms with Crippen LogP contribution in [0.3, 0.4) is 0 Å². The zero-order valence-corrected chi connectivity index (χ0v) is 17.7. The molecule has 2 saturated carbocycles. The molecule has 4 heteroatoms. The maximum atomic E-state index is 11.5. The van der Waals surface area contributed by atoms with Crippen LogP contribution in [0.15, 0.2) is 72.8 Å². The molecule has 4 aromatic carbocycles. The maximum absolute atomic E-state index is 11.5. The first-order valence-electron chi connectivity index (χ1n) is 11.6. The van der Waals surface area contributed by atoms with Crippen molar-refractivity contribution in [1.29, 1.82) is 0 Å². The van der Waals surface area contributed by atoms with Gasteiger partial charge in [0, 0.05) is 17.8 Å². The number of non-ortho nitro benzene ring substituents is 1. The minimum Gasteiger partial charge on any atom is -0.378 e. The molecule has 158 valence electrons. The van der Waals surface area contributed by atoms with Gasteiger partial charge in [0.15, 0.2) is 0 Å². The summed E-state index contributed by atoms with van der Waals surface area (Å²) in [5.74, 6) is 2.18. The molecule has 2 fully saturated rings. The lowest BCUT2D eigenvalue weighted by atomic mass is 9.67. The van der Waals surface area contributed by atoms with Gasteiger partial charge in [-0.25, -0.2) is 0 Å². The summed E-state index contributed by atoms with van der Waals surface area (Å²) in [5, 5.41) is 20.6. The second-order valence-electron chi connectivity index (χ2n) is 9.82. The number of hydrogen-bond acceptors (Lipinski definition) is 3. The van der Waals surface area contributed by atoms with Crippen molar-refractivity contribution in [1.82, 2.24) is 0 Å². The second-order valence-corrected chi connectivity index (χ2v) is 9.82. The third-order valence-electron chi connectivity index (χ3n) is 8.41. The van der Waals surface area contributed by atoms with Gasteiger partial charge < -0.3 is 5.32 Å². The molecule has 1 aliphatic heterocycles. The van der Waals surface area contributed by atoms with Gasteiger partial charge >= 0.3 is 0 Å². The predicted molar refractivity (Wildman–Crippen MR) is 128 cm³/mol. The van der Waals surface area contributed by atoms with E-state index in [1.165, 1.54) is 46.4 Å². The van der Waals surface area contributed by atoms with Crippen LogP contribution in [0.25, 0.3) is 21.5 Å². The van der Waals surface area contributed by atoms with Crippen LogP contribution in [-0.2, 0) is 0 Å².